The van der Waals surface area contributed by atoms with Gasteiger partial charge < -0.3 is 0 Å². The molecule has 88 valence electrons. The van der Waals surface area contributed by atoms with Gasteiger partial charge in [-0.3, -0.25) is 0 Å². The third-order valence-electron chi connectivity index (χ3n) is 2.71. The molecule has 0 fully saturated rings. The summed E-state index contributed by atoms with van der Waals surface area (Å²) in [5, 5.41) is 1.49. The third kappa shape index (κ3) is 3.87. The van der Waals surface area contributed by atoms with Crippen molar-refractivity contribution in [3.05, 3.63) is 66.2 Å². The van der Waals surface area contributed by atoms with Crippen LogP contribution in [0.5, 0.6) is 0 Å². The van der Waals surface area contributed by atoms with Crippen molar-refractivity contribution in [2.75, 3.05) is 11.9 Å². The molecule has 2 aromatic rings. The molecule has 0 bridgehead atoms. The maximum absolute atomic E-state index is 4.39. The molecule has 0 aliphatic carbocycles. The van der Waals surface area contributed by atoms with Crippen LogP contribution in [0.3, 0.4) is 0 Å². The molecule has 0 amide bonds. The van der Waals surface area contributed by atoms with Crippen LogP contribution in [0.4, 0.5) is 0 Å². The lowest BCUT2D eigenvalue weighted by Gasteiger charge is -2.17. The first-order valence-corrected chi connectivity index (χ1v) is 8.19. The van der Waals surface area contributed by atoms with Crippen LogP contribution in [0.15, 0.2) is 60.7 Å². The summed E-state index contributed by atoms with van der Waals surface area (Å²) >= 11 is 4.39. The quantitative estimate of drug-likeness (QED) is 0.611. The highest BCUT2D eigenvalue weighted by Gasteiger charge is 2.10. The Balaban J connectivity index is 2.13. The van der Waals surface area contributed by atoms with Crippen LogP contribution in [0.25, 0.3) is 0 Å². The molecule has 0 N–H and O–H groups in total. The van der Waals surface area contributed by atoms with E-state index in [4.69, 9.17) is 0 Å². The largest absolute Gasteiger partial charge is 0.179 e. The van der Waals surface area contributed by atoms with Crippen LogP contribution < -0.4 is 5.30 Å². The van der Waals surface area contributed by atoms with Crippen LogP contribution in [0.1, 0.15) is 5.56 Å². The predicted octanol–water partition coefficient (Wildman–Crippen LogP) is 3.92. The first-order valence-electron chi connectivity index (χ1n) is 5.85. The first-order chi connectivity index (χ1) is 8.40. The van der Waals surface area contributed by atoms with Crippen molar-refractivity contribution in [1.29, 1.82) is 0 Å². The predicted molar refractivity (Wildman–Crippen MR) is 81.9 cm³/mol. The number of hydrogen-bond acceptors (Lipinski definition) is 1. The molecule has 17 heavy (non-hydrogen) atoms. The van der Waals surface area contributed by atoms with E-state index >= 15 is 0 Å². The van der Waals surface area contributed by atoms with E-state index in [1.807, 2.05) is 0 Å². The number of rotatable bonds is 5. The average Bonchev–Trinajstić information content (AvgIpc) is 2.40. The van der Waals surface area contributed by atoms with E-state index in [1.165, 1.54) is 23.2 Å². The Labute approximate surface area is 110 Å². The third-order valence-corrected chi connectivity index (χ3v) is 5.82. The highest BCUT2D eigenvalue weighted by molar-refractivity contribution is 7.81. The van der Waals surface area contributed by atoms with Gasteiger partial charge in [-0.15, -0.1) is 0 Å². The van der Waals surface area contributed by atoms with Gasteiger partial charge in [-0.05, 0) is 28.9 Å². The van der Waals surface area contributed by atoms with E-state index in [2.05, 4.69) is 73.3 Å². The zero-order chi connectivity index (χ0) is 11.9. The van der Waals surface area contributed by atoms with Crippen LogP contribution in [0.2, 0.25) is 0 Å². The SMILES string of the molecule is SCCP(Cc1ccccc1)c1ccccc1. The van der Waals surface area contributed by atoms with Gasteiger partial charge >= 0.3 is 0 Å². The number of hydrogen-bond donors (Lipinski definition) is 1. The Morgan fingerprint density at radius 2 is 1.41 bits per heavy atom. The Kier molecular flexibility index (Phi) is 5.09. The topological polar surface area (TPSA) is 0 Å². The van der Waals surface area contributed by atoms with Gasteiger partial charge in [-0.1, -0.05) is 68.6 Å². The summed E-state index contributed by atoms with van der Waals surface area (Å²) in [6, 6.07) is 21.6. The molecule has 0 heterocycles. The molecule has 0 saturated carbocycles. The first kappa shape index (κ1) is 12.7. The molecule has 0 aromatic heterocycles. The summed E-state index contributed by atoms with van der Waals surface area (Å²) in [4.78, 5) is 0. The summed E-state index contributed by atoms with van der Waals surface area (Å²) in [7, 11) is -0.109. The Bertz CT molecular complexity index is 427. The molecule has 2 heteroatoms. The van der Waals surface area contributed by atoms with E-state index in [1.54, 1.807) is 0 Å². The van der Waals surface area contributed by atoms with Crippen molar-refractivity contribution in [3.8, 4) is 0 Å². The van der Waals surface area contributed by atoms with Crippen molar-refractivity contribution in [1.82, 2.24) is 0 Å². The van der Waals surface area contributed by atoms with Crippen LogP contribution in [0, 0.1) is 0 Å². The van der Waals surface area contributed by atoms with E-state index in [0.29, 0.717) is 0 Å². The molecule has 2 aromatic carbocycles. The Morgan fingerprint density at radius 3 is 2.00 bits per heavy atom. The van der Waals surface area contributed by atoms with Crippen molar-refractivity contribution in [3.63, 3.8) is 0 Å². The normalized spacial score (nSPS) is 12.3. The molecule has 1 unspecified atom stereocenters. The van der Waals surface area contributed by atoms with Gasteiger partial charge in [0.1, 0.15) is 0 Å². The van der Waals surface area contributed by atoms with E-state index in [0.717, 1.165) is 5.75 Å². The molecule has 0 aliphatic rings. The van der Waals surface area contributed by atoms with Crippen molar-refractivity contribution in [2.45, 2.75) is 6.16 Å². The monoisotopic (exact) mass is 260 g/mol. The maximum Gasteiger partial charge on any atom is -0.00325 e. The fraction of sp³-hybridized carbons (Fsp3) is 0.200. The van der Waals surface area contributed by atoms with Gasteiger partial charge in [0.2, 0.25) is 0 Å². The van der Waals surface area contributed by atoms with Crippen LogP contribution in [-0.4, -0.2) is 11.9 Å². The summed E-state index contributed by atoms with van der Waals surface area (Å²) in [5.41, 5.74) is 1.43. The maximum atomic E-state index is 4.39. The number of benzene rings is 2. The van der Waals surface area contributed by atoms with Crippen LogP contribution >= 0.6 is 20.6 Å². The standard InChI is InChI=1S/C15H17PS/c17-12-11-16(15-9-5-2-6-10-15)13-14-7-3-1-4-8-14/h1-10,17H,11-13H2. The minimum absolute atomic E-state index is 0.109. The highest BCUT2D eigenvalue weighted by atomic mass is 32.1. The molecular weight excluding hydrogens is 243 g/mol. The molecule has 1 atom stereocenters. The summed E-state index contributed by atoms with van der Waals surface area (Å²) in [6.45, 7) is 0. The lowest BCUT2D eigenvalue weighted by Crippen LogP contribution is -2.05. The van der Waals surface area contributed by atoms with Gasteiger partial charge in [0.05, 0.1) is 0 Å². The summed E-state index contributed by atoms with van der Waals surface area (Å²) < 4.78 is 0. The van der Waals surface area contributed by atoms with Gasteiger partial charge in [0.15, 0.2) is 0 Å². The van der Waals surface area contributed by atoms with Gasteiger partial charge in [-0.2, -0.15) is 12.6 Å². The molecule has 0 nitrogen and oxygen atoms in total. The van der Waals surface area contributed by atoms with Gasteiger partial charge in [0.25, 0.3) is 0 Å². The Hall–Kier alpha value is -0.780. The second kappa shape index (κ2) is 6.83. The Morgan fingerprint density at radius 1 is 0.824 bits per heavy atom. The summed E-state index contributed by atoms with van der Waals surface area (Å²) in [6.07, 6.45) is 2.36. The fourth-order valence-corrected chi connectivity index (χ4v) is 4.67. The van der Waals surface area contributed by atoms with Gasteiger partial charge in [0, 0.05) is 0 Å². The fourth-order valence-electron chi connectivity index (χ4n) is 1.86. The van der Waals surface area contributed by atoms with Crippen molar-refractivity contribution in [2.24, 2.45) is 0 Å². The second-order valence-corrected chi connectivity index (χ2v) is 6.77. The molecular formula is C15H17PS. The highest BCUT2D eigenvalue weighted by Crippen LogP contribution is 2.38. The van der Waals surface area contributed by atoms with E-state index in [9.17, 15) is 0 Å². The zero-order valence-corrected chi connectivity index (χ0v) is 11.6. The minimum atomic E-state index is -0.109. The van der Waals surface area contributed by atoms with E-state index < -0.39 is 0 Å². The molecule has 0 spiro atoms. The number of thiol groups is 1. The van der Waals surface area contributed by atoms with Crippen LogP contribution in [-0.2, 0) is 6.16 Å². The minimum Gasteiger partial charge on any atom is -0.179 e. The van der Waals surface area contributed by atoms with Crippen molar-refractivity contribution < 1.29 is 0 Å². The molecule has 0 saturated heterocycles. The zero-order valence-electron chi connectivity index (χ0n) is 9.79. The smallest absolute Gasteiger partial charge is 0.00325 e. The van der Waals surface area contributed by atoms with Crippen molar-refractivity contribution >= 4 is 25.9 Å². The average molecular weight is 260 g/mol. The summed E-state index contributed by atoms with van der Waals surface area (Å²) in [5.74, 6) is 0.966. The molecule has 0 radical (unpaired) electrons. The van der Waals surface area contributed by atoms with Gasteiger partial charge in [-0.25, -0.2) is 0 Å². The second-order valence-electron chi connectivity index (χ2n) is 3.97. The molecule has 2 rings (SSSR count). The lowest BCUT2D eigenvalue weighted by molar-refractivity contribution is 1.37. The molecule has 0 aliphatic heterocycles. The van der Waals surface area contributed by atoms with E-state index in [-0.39, 0.29) is 7.92 Å². The lowest BCUT2D eigenvalue weighted by atomic mass is 10.2.